The molecule has 3 rings (SSSR count). The van der Waals surface area contributed by atoms with Crippen LogP contribution in [0.15, 0.2) is 59.1 Å². The molecule has 0 aromatic heterocycles. The zero-order chi connectivity index (χ0) is 18.5. The van der Waals surface area contributed by atoms with Crippen LogP contribution in [0.3, 0.4) is 0 Å². The monoisotopic (exact) mass is 414 g/mol. The van der Waals surface area contributed by atoms with Gasteiger partial charge in [0.1, 0.15) is 0 Å². The lowest BCUT2D eigenvalue weighted by atomic mass is 9.78. The van der Waals surface area contributed by atoms with Gasteiger partial charge in [-0.25, -0.2) is 0 Å². The quantitative estimate of drug-likeness (QED) is 0.742. The van der Waals surface area contributed by atoms with Gasteiger partial charge in [0, 0.05) is 22.1 Å². The fourth-order valence-corrected chi connectivity index (χ4v) is 4.52. The van der Waals surface area contributed by atoms with E-state index in [0.717, 1.165) is 35.7 Å². The molecule has 1 aliphatic carbocycles. The van der Waals surface area contributed by atoms with E-state index >= 15 is 0 Å². The molecule has 1 unspecified atom stereocenters. The third kappa shape index (κ3) is 4.74. The van der Waals surface area contributed by atoms with Crippen molar-refractivity contribution in [3.8, 4) is 0 Å². The number of carbonyl (C=O) groups excluding carboxylic acids is 1. The Morgan fingerprint density at radius 1 is 1.04 bits per heavy atom. The number of amides is 1. The summed E-state index contributed by atoms with van der Waals surface area (Å²) in [6.45, 7) is 0. The molecule has 2 aromatic rings. The molecular formula is C22H27BrN2O. The summed E-state index contributed by atoms with van der Waals surface area (Å²) < 4.78 is 0.936. The molecule has 1 atom stereocenters. The average Bonchev–Trinajstić information content (AvgIpc) is 2.64. The van der Waals surface area contributed by atoms with Crippen molar-refractivity contribution in [2.24, 2.45) is 5.92 Å². The lowest BCUT2D eigenvalue weighted by molar-refractivity contribution is 0.0906. The van der Waals surface area contributed by atoms with E-state index in [1.165, 1.54) is 5.56 Å². The molecule has 0 spiro atoms. The highest BCUT2D eigenvalue weighted by Gasteiger charge is 2.30. The smallest absolute Gasteiger partial charge is 0.251 e. The lowest BCUT2D eigenvalue weighted by Crippen LogP contribution is -2.39. The van der Waals surface area contributed by atoms with Crippen molar-refractivity contribution in [1.82, 2.24) is 10.2 Å². The molecule has 0 heterocycles. The van der Waals surface area contributed by atoms with E-state index in [4.69, 9.17) is 0 Å². The van der Waals surface area contributed by atoms with Gasteiger partial charge in [0.25, 0.3) is 5.91 Å². The average molecular weight is 415 g/mol. The minimum Gasteiger partial charge on any atom is -0.349 e. The fraction of sp³-hybridized carbons (Fsp3) is 0.409. The molecule has 2 aromatic carbocycles. The Balaban J connectivity index is 1.59. The van der Waals surface area contributed by atoms with Gasteiger partial charge < -0.3 is 10.2 Å². The Morgan fingerprint density at radius 2 is 1.73 bits per heavy atom. The summed E-state index contributed by atoms with van der Waals surface area (Å²) in [6, 6.07) is 19.1. The van der Waals surface area contributed by atoms with Crippen LogP contribution in [-0.2, 0) is 0 Å². The van der Waals surface area contributed by atoms with Crippen molar-refractivity contribution in [2.45, 2.75) is 37.8 Å². The van der Waals surface area contributed by atoms with Crippen LogP contribution in [0.5, 0.6) is 0 Å². The Kier molecular flexibility index (Phi) is 6.49. The van der Waals surface area contributed by atoms with Gasteiger partial charge in [-0.05, 0) is 69.5 Å². The van der Waals surface area contributed by atoms with Gasteiger partial charge in [-0.15, -0.1) is 0 Å². The topological polar surface area (TPSA) is 32.3 Å². The van der Waals surface area contributed by atoms with Crippen LogP contribution in [0.2, 0.25) is 0 Å². The van der Waals surface area contributed by atoms with Crippen molar-refractivity contribution in [3.63, 3.8) is 0 Å². The molecule has 1 saturated carbocycles. The number of rotatable bonds is 5. The highest BCUT2D eigenvalue weighted by molar-refractivity contribution is 9.10. The summed E-state index contributed by atoms with van der Waals surface area (Å²) in [4.78, 5) is 14.8. The van der Waals surface area contributed by atoms with Crippen LogP contribution in [0.25, 0.3) is 0 Å². The van der Waals surface area contributed by atoms with Crippen LogP contribution >= 0.6 is 15.9 Å². The minimum absolute atomic E-state index is 0.0296. The van der Waals surface area contributed by atoms with E-state index in [9.17, 15) is 4.79 Å². The van der Waals surface area contributed by atoms with Crippen LogP contribution in [0.1, 0.15) is 47.6 Å². The lowest BCUT2D eigenvalue weighted by Gasteiger charge is -2.37. The highest BCUT2D eigenvalue weighted by Crippen LogP contribution is 2.37. The Bertz CT molecular complexity index is 724. The molecular weight excluding hydrogens is 388 g/mol. The van der Waals surface area contributed by atoms with Gasteiger partial charge in [0.2, 0.25) is 0 Å². The molecule has 1 amide bonds. The Labute approximate surface area is 164 Å². The van der Waals surface area contributed by atoms with E-state index in [1.807, 2.05) is 24.3 Å². The van der Waals surface area contributed by atoms with Gasteiger partial charge in [0.15, 0.2) is 0 Å². The molecule has 0 bridgehead atoms. The molecule has 0 saturated heterocycles. The first kappa shape index (κ1) is 19.1. The van der Waals surface area contributed by atoms with E-state index in [2.05, 4.69) is 70.6 Å². The number of hydrogen-bond acceptors (Lipinski definition) is 2. The summed E-state index contributed by atoms with van der Waals surface area (Å²) in [7, 11) is 4.33. The first-order chi connectivity index (χ1) is 12.5. The SMILES string of the molecule is CN(C)C(c1ccccc1)C1CCC(NC(=O)c2cccc(Br)c2)CC1. The number of carbonyl (C=O) groups is 1. The van der Waals surface area contributed by atoms with E-state index in [-0.39, 0.29) is 11.9 Å². The number of benzene rings is 2. The molecule has 0 radical (unpaired) electrons. The van der Waals surface area contributed by atoms with E-state index in [1.54, 1.807) is 0 Å². The maximum atomic E-state index is 12.5. The normalized spacial score (nSPS) is 21.4. The molecule has 4 heteroatoms. The first-order valence-electron chi connectivity index (χ1n) is 9.32. The number of hydrogen-bond donors (Lipinski definition) is 1. The van der Waals surface area contributed by atoms with Gasteiger partial charge in [0.05, 0.1) is 0 Å². The largest absolute Gasteiger partial charge is 0.349 e. The van der Waals surface area contributed by atoms with Crippen molar-refractivity contribution in [3.05, 3.63) is 70.2 Å². The predicted molar refractivity (Wildman–Crippen MR) is 110 cm³/mol. The van der Waals surface area contributed by atoms with Gasteiger partial charge in [-0.2, -0.15) is 0 Å². The third-order valence-electron chi connectivity index (χ3n) is 5.34. The molecule has 138 valence electrons. The van der Waals surface area contributed by atoms with Crippen molar-refractivity contribution >= 4 is 21.8 Å². The molecule has 3 nitrogen and oxygen atoms in total. The van der Waals surface area contributed by atoms with Crippen molar-refractivity contribution < 1.29 is 4.79 Å². The van der Waals surface area contributed by atoms with Crippen LogP contribution in [0, 0.1) is 5.92 Å². The molecule has 1 N–H and O–H groups in total. The van der Waals surface area contributed by atoms with Gasteiger partial charge >= 0.3 is 0 Å². The summed E-state index contributed by atoms with van der Waals surface area (Å²) in [5.41, 5.74) is 2.11. The predicted octanol–water partition coefficient (Wildman–Crippen LogP) is 5.04. The molecule has 1 fully saturated rings. The number of nitrogens with one attached hydrogen (secondary N) is 1. The summed E-state index contributed by atoms with van der Waals surface area (Å²) >= 11 is 3.43. The number of halogens is 1. The highest BCUT2D eigenvalue weighted by atomic mass is 79.9. The van der Waals surface area contributed by atoms with Crippen molar-refractivity contribution in [2.75, 3.05) is 14.1 Å². The summed E-state index contributed by atoms with van der Waals surface area (Å²) in [6.07, 6.45) is 4.37. The van der Waals surface area contributed by atoms with E-state index < -0.39 is 0 Å². The van der Waals surface area contributed by atoms with Gasteiger partial charge in [-0.1, -0.05) is 52.3 Å². The van der Waals surface area contributed by atoms with Crippen LogP contribution in [0.4, 0.5) is 0 Å². The zero-order valence-electron chi connectivity index (χ0n) is 15.5. The zero-order valence-corrected chi connectivity index (χ0v) is 17.1. The second-order valence-corrected chi connectivity index (χ2v) is 8.33. The minimum atomic E-state index is 0.0296. The molecule has 0 aliphatic heterocycles. The van der Waals surface area contributed by atoms with E-state index in [0.29, 0.717) is 12.0 Å². The Hall–Kier alpha value is -1.65. The Morgan fingerprint density at radius 3 is 2.35 bits per heavy atom. The first-order valence-corrected chi connectivity index (χ1v) is 10.1. The second-order valence-electron chi connectivity index (χ2n) is 7.41. The van der Waals surface area contributed by atoms with Crippen LogP contribution < -0.4 is 5.32 Å². The van der Waals surface area contributed by atoms with Gasteiger partial charge in [-0.3, -0.25) is 4.79 Å². The summed E-state index contributed by atoms with van der Waals surface area (Å²) in [5.74, 6) is 0.661. The molecule has 1 aliphatic rings. The summed E-state index contributed by atoms with van der Waals surface area (Å²) in [5, 5.41) is 3.22. The van der Waals surface area contributed by atoms with Crippen LogP contribution in [-0.4, -0.2) is 30.9 Å². The molecule has 26 heavy (non-hydrogen) atoms. The maximum Gasteiger partial charge on any atom is 0.251 e. The standard InChI is InChI=1S/C22H27BrN2O/c1-25(2)21(16-7-4-3-5-8-16)17-11-13-20(14-12-17)24-22(26)18-9-6-10-19(23)15-18/h3-10,15,17,20-21H,11-14H2,1-2H3,(H,24,26). The second kappa shape index (κ2) is 8.83. The maximum absolute atomic E-state index is 12.5. The van der Waals surface area contributed by atoms with Crippen molar-refractivity contribution in [1.29, 1.82) is 0 Å². The number of nitrogens with zero attached hydrogens (tertiary/aromatic N) is 1. The fourth-order valence-electron chi connectivity index (χ4n) is 4.12. The third-order valence-corrected chi connectivity index (χ3v) is 5.83.